The molecule has 0 aliphatic rings. The molecule has 0 aromatic carbocycles. The van der Waals surface area contributed by atoms with E-state index >= 15 is 0 Å². The maximum atomic E-state index is 12.9. The lowest BCUT2D eigenvalue weighted by molar-refractivity contribution is -0.130. The molecular formula is C19H39N9O3. The van der Waals surface area contributed by atoms with E-state index in [0.717, 1.165) is 6.42 Å². The number of amides is 4. The number of guanidine groups is 1. The molecule has 0 unspecified atom stereocenters. The number of hydrogen-bond acceptors (Lipinski definition) is 6. The van der Waals surface area contributed by atoms with Gasteiger partial charge >= 0.3 is 6.03 Å². The predicted octanol–water partition coefficient (Wildman–Crippen LogP) is -0.917. The summed E-state index contributed by atoms with van der Waals surface area (Å²) in [7, 11) is 0. The number of carbonyl (C=O) groups is 3. The fourth-order valence-corrected chi connectivity index (χ4v) is 2.66. The van der Waals surface area contributed by atoms with Crippen molar-refractivity contribution in [2.45, 2.75) is 71.5 Å². The number of aliphatic imine (C=N–C) groups is 1. The van der Waals surface area contributed by atoms with Crippen LogP contribution in [-0.4, -0.2) is 54.7 Å². The van der Waals surface area contributed by atoms with E-state index in [4.69, 9.17) is 22.9 Å². The first kappa shape index (κ1) is 28.1. The van der Waals surface area contributed by atoms with Crippen molar-refractivity contribution in [1.29, 1.82) is 0 Å². The Kier molecular flexibility index (Phi) is 13.6. The van der Waals surface area contributed by atoms with E-state index in [1.807, 2.05) is 27.7 Å². The van der Waals surface area contributed by atoms with Gasteiger partial charge in [-0.3, -0.25) is 14.6 Å². The Balaban J connectivity index is 5.24. The van der Waals surface area contributed by atoms with Gasteiger partial charge in [0.15, 0.2) is 5.96 Å². The molecule has 4 amide bonds. The molecule has 0 bridgehead atoms. The minimum absolute atomic E-state index is 0.0157. The van der Waals surface area contributed by atoms with Crippen LogP contribution in [0.4, 0.5) is 4.79 Å². The minimum atomic E-state index is -0.828. The highest BCUT2D eigenvalue weighted by Crippen LogP contribution is 2.09. The molecule has 0 aliphatic carbocycles. The van der Waals surface area contributed by atoms with Gasteiger partial charge in [-0.05, 0) is 31.1 Å². The highest BCUT2D eigenvalue weighted by atomic mass is 16.2. The molecule has 31 heavy (non-hydrogen) atoms. The third-order valence-electron chi connectivity index (χ3n) is 4.62. The topological polar surface area (TPSA) is 216 Å². The zero-order chi connectivity index (χ0) is 24.0. The average Bonchev–Trinajstić information content (AvgIpc) is 2.68. The number of primary amides is 1. The Morgan fingerprint density at radius 2 is 1.68 bits per heavy atom. The van der Waals surface area contributed by atoms with Gasteiger partial charge in [0, 0.05) is 12.8 Å². The second-order valence-electron chi connectivity index (χ2n) is 7.92. The lowest BCUT2D eigenvalue weighted by Crippen LogP contribution is -2.55. The molecule has 0 spiro atoms. The van der Waals surface area contributed by atoms with Gasteiger partial charge in [-0.15, -0.1) is 0 Å². The standard InChI is InChI=1S/C19H39N9O3/c1-5-12(4)15(20)17(30)27-14(9-11(2)3)16(29)26-13(10-25-28-19(23)31)7-6-8-24-18(21)22/h10-15H,5-9,20H2,1-4H3,(H,26,29)(H,27,30)(H4,21,22,24)(H3,23,28,31)/b25-10+/t12-,13-,14-,15-/m0/s1. The highest BCUT2D eigenvalue weighted by Gasteiger charge is 2.27. The van der Waals surface area contributed by atoms with Crippen molar-refractivity contribution in [3.63, 3.8) is 0 Å². The summed E-state index contributed by atoms with van der Waals surface area (Å²) in [4.78, 5) is 40.2. The third-order valence-corrected chi connectivity index (χ3v) is 4.62. The molecule has 0 aromatic rings. The van der Waals surface area contributed by atoms with Gasteiger partial charge in [0.05, 0.1) is 12.1 Å². The van der Waals surface area contributed by atoms with E-state index in [-0.39, 0.29) is 29.6 Å². The summed E-state index contributed by atoms with van der Waals surface area (Å²) >= 11 is 0. The molecule has 178 valence electrons. The van der Waals surface area contributed by atoms with Crippen molar-refractivity contribution in [3.8, 4) is 0 Å². The summed E-state index contributed by atoms with van der Waals surface area (Å²) in [6.45, 7) is 8.10. The van der Waals surface area contributed by atoms with Crippen molar-refractivity contribution in [2.24, 2.45) is 44.9 Å². The molecule has 4 atom stereocenters. The zero-order valence-corrected chi connectivity index (χ0v) is 18.9. The van der Waals surface area contributed by atoms with Gasteiger partial charge in [0.1, 0.15) is 6.04 Å². The summed E-state index contributed by atoms with van der Waals surface area (Å²) in [5, 5.41) is 9.31. The maximum Gasteiger partial charge on any atom is 0.332 e. The molecule has 0 radical (unpaired) electrons. The van der Waals surface area contributed by atoms with Gasteiger partial charge in [-0.1, -0.05) is 34.1 Å². The second kappa shape index (κ2) is 15.0. The number of nitrogens with one attached hydrogen (secondary N) is 3. The van der Waals surface area contributed by atoms with E-state index in [0.29, 0.717) is 25.8 Å². The molecule has 0 aliphatic heterocycles. The van der Waals surface area contributed by atoms with E-state index in [1.54, 1.807) is 0 Å². The highest BCUT2D eigenvalue weighted by molar-refractivity contribution is 5.91. The summed E-state index contributed by atoms with van der Waals surface area (Å²) in [6.07, 6.45) is 3.53. The second-order valence-corrected chi connectivity index (χ2v) is 7.92. The van der Waals surface area contributed by atoms with Crippen LogP contribution in [0.25, 0.3) is 0 Å². The Labute approximate surface area is 184 Å². The van der Waals surface area contributed by atoms with E-state index in [1.165, 1.54) is 6.21 Å². The maximum absolute atomic E-state index is 12.9. The number of urea groups is 1. The van der Waals surface area contributed by atoms with Crippen molar-refractivity contribution in [1.82, 2.24) is 16.1 Å². The van der Waals surface area contributed by atoms with Gasteiger partial charge in [-0.25, -0.2) is 10.2 Å². The molecule has 12 heteroatoms. The summed E-state index contributed by atoms with van der Waals surface area (Å²) in [6, 6.07) is -2.83. The zero-order valence-electron chi connectivity index (χ0n) is 18.9. The van der Waals surface area contributed by atoms with Crippen molar-refractivity contribution in [3.05, 3.63) is 0 Å². The van der Waals surface area contributed by atoms with Crippen LogP contribution >= 0.6 is 0 Å². The van der Waals surface area contributed by atoms with Gasteiger partial charge in [-0.2, -0.15) is 5.10 Å². The molecule has 0 heterocycles. The molecule has 12 nitrogen and oxygen atoms in total. The molecule has 0 rings (SSSR count). The van der Waals surface area contributed by atoms with Crippen LogP contribution in [0.1, 0.15) is 53.4 Å². The summed E-state index contributed by atoms with van der Waals surface area (Å²) in [5.41, 5.74) is 23.7. The number of carbonyl (C=O) groups excluding carboxylic acids is 3. The Hall–Kier alpha value is -2.89. The van der Waals surface area contributed by atoms with E-state index in [2.05, 4.69) is 26.2 Å². The molecular weight excluding hydrogens is 402 g/mol. The average molecular weight is 442 g/mol. The van der Waals surface area contributed by atoms with E-state index in [9.17, 15) is 14.4 Å². The Morgan fingerprint density at radius 1 is 1.03 bits per heavy atom. The normalized spacial score (nSPS) is 15.0. The number of nitrogens with two attached hydrogens (primary N) is 4. The molecule has 0 saturated heterocycles. The van der Waals surface area contributed by atoms with Crippen LogP contribution < -0.4 is 39.0 Å². The largest absolute Gasteiger partial charge is 0.370 e. The smallest absolute Gasteiger partial charge is 0.332 e. The SMILES string of the molecule is CC[C@H](C)[C@H](N)C(=O)N[C@@H](CC(C)C)C(=O)N[C@H](/C=N/NC(N)=O)CCCN=C(N)N. The van der Waals surface area contributed by atoms with Gasteiger partial charge in [0.25, 0.3) is 0 Å². The molecule has 0 aromatic heterocycles. The molecule has 0 fully saturated rings. The van der Waals surface area contributed by atoms with Crippen LogP contribution in [0.5, 0.6) is 0 Å². The van der Waals surface area contributed by atoms with E-state index < -0.39 is 24.2 Å². The predicted molar refractivity (Wildman–Crippen MR) is 122 cm³/mol. The van der Waals surface area contributed by atoms with Crippen molar-refractivity contribution in [2.75, 3.05) is 6.54 Å². The van der Waals surface area contributed by atoms with Crippen molar-refractivity contribution < 1.29 is 14.4 Å². The van der Waals surface area contributed by atoms with Crippen LogP contribution in [-0.2, 0) is 9.59 Å². The molecule has 11 N–H and O–H groups in total. The minimum Gasteiger partial charge on any atom is -0.370 e. The van der Waals surface area contributed by atoms with Crippen LogP contribution in [0.3, 0.4) is 0 Å². The van der Waals surface area contributed by atoms with Crippen LogP contribution in [0.2, 0.25) is 0 Å². The molecule has 0 saturated carbocycles. The summed E-state index contributed by atoms with van der Waals surface area (Å²) in [5.74, 6) is -0.638. The number of nitrogens with zero attached hydrogens (tertiary/aromatic N) is 2. The van der Waals surface area contributed by atoms with Gasteiger partial charge in [0.2, 0.25) is 11.8 Å². The third kappa shape index (κ3) is 13.1. The summed E-state index contributed by atoms with van der Waals surface area (Å²) < 4.78 is 0. The van der Waals surface area contributed by atoms with Crippen LogP contribution in [0.15, 0.2) is 10.1 Å². The lowest BCUT2D eigenvalue weighted by Gasteiger charge is -2.25. The van der Waals surface area contributed by atoms with Crippen molar-refractivity contribution >= 4 is 30.0 Å². The fraction of sp³-hybridized carbons (Fsp3) is 0.737. The first-order valence-electron chi connectivity index (χ1n) is 10.5. The lowest BCUT2D eigenvalue weighted by atomic mass is 9.97. The number of hydrogen-bond donors (Lipinski definition) is 7. The monoisotopic (exact) mass is 441 g/mol. The Morgan fingerprint density at radius 3 is 2.19 bits per heavy atom. The van der Waals surface area contributed by atoms with Crippen LogP contribution in [0, 0.1) is 11.8 Å². The first-order chi connectivity index (χ1) is 14.5. The number of rotatable bonds is 14. The quantitative estimate of drug-likeness (QED) is 0.0782. The number of hydrazone groups is 1. The fourth-order valence-electron chi connectivity index (χ4n) is 2.66. The first-order valence-corrected chi connectivity index (χ1v) is 10.5. The Bertz CT molecular complexity index is 633. The van der Waals surface area contributed by atoms with Gasteiger partial charge < -0.3 is 33.6 Å².